The Bertz CT molecular complexity index is 159. The summed E-state index contributed by atoms with van der Waals surface area (Å²) >= 11 is 0. The molecule has 12 heavy (non-hydrogen) atoms. The topological polar surface area (TPSA) is 26.3 Å². The number of hydrogen-bond donors (Lipinski definition) is 0. The van der Waals surface area contributed by atoms with E-state index in [1.165, 1.54) is 12.8 Å². The van der Waals surface area contributed by atoms with Crippen molar-refractivity contribution in [1.29, 1.82) is 0 Å². The quantitative estimate of drug-likeness (QED) is 0.264. The molecule has 0 N–H and O–H groups in total. The van der Waals surface area contributed by atoms with Crippen molar-refractivity contribution in [3.8, 4) is 0 Å². The van der Waals surface area contributed by atoms with Gasteiger partial charge < -0.3 is 4.74 Å². The van der Waals surface area contributed by atoms with Crippen molar-refractivity contribution in [2.75, 3.05) is 0 Å². The summed E-state index contributed by atoms with van der Waals surface area (Å²) in [5, 5.41) is 0. The van der Waals surface area contributed by atoms with Gasteiger partial charge in [-0.15, -0.1) is 0 Å². The molecule has 0 unspecified atom stereocenters. The van der Waals surface area contributed by atoms with Gasteiger partial charge in [-0.05, 0) is 6.42 Å². The standard InChI is InChI=1S/C10H16O2/c1-3-5-6-7-8-9-10(11)12-4-2/h4,7-8H,2-3,5-6,9H2,1H3/b8-7+. The lowest BCUT2D eigenvalue weighted by atomic mass is 10.2. The van der Waals surface area contributed by atoms with E-state index >= 15 is 0 Å². The highest BCUT2D eigenvalue weighted by Crippen LogP contribution is 1.96. The lowest BCUT2D eigenvalue weighted by Gasteiger charge is -1.92. The van der Waals surface area contributed by atoms with E-state index in [-0.39, 0.29) is 5.97 Å². The van der Waals surface area contributed by atoms with Gasteiger partial charge >= 0.3 is 5.97 Å². The summed E-state index contributed by atoms with van der Waals surface area (Å²) in [4.78, 5) is 10.7. The predicted molar refractivity (Wildman–Crippen MR) is 49.6 cm³/mol. The number of rotatable bonds is 6. The van der Waals surface area contributed by atoms with Gasteiger partial charge in [-0.2, -0.15) is 0 Å². The molecule has 0 aromatic carbocycles. The smallest absolute Gasteiger partial charge is 0.314 e. The molecular weight excluding hydrogens is 152 g/mol. The largest absolute Gasteiger partial charge is 0.435 e. The van der Waals surface area contributed by atoms with Gasteiger partial charge in [0.15, 0.2) is 0 Å². The molecular formula is C10H16O2. The van der Waals surface area contributed by atoms with Crippen LogP contribution in [0.15, 0.2) is 25.0 Å². The molecule has 0 rings (SSSR count). The molecule has 0 bridgehead atoms. The summed E-state index contributed by atoms with van der Waals surface area (Å²) < 4.78 is 4.52. The van der Waals surface area contributed by atoms with Crippen molar-refractivity contribution in [2.24, 2.45) is 0 Å². The third kappa shape index (κ3) is 7.06. The minimum absolute atomic E-state index is 0.252. The fourth-order valence-electron chi connectivity index (χ4n) is 0.760. The molecule has 2 nitrogen and oxygen atoms in total. The molecule has 68 valence electrons. The van der Waals surface area contributed by atoms with E-state index in [4.69, 9.17) is 0 Å². The van der Waals surface area contributed by atoms with E-state index in [1.807, 2.05) is 12.2 Å². The van der Waals surface area contributed by atoms with E-state index in [9.17, 15) is 4.79 Å². The van der Waals surface area contributed by atoms with Crippen LogP contribution in [0.3, 0.4) is 0 Å². The second-order valence-corrected chi connectivity index (χ2v) is 2.47. The maximum atomic E-state index is 10.7. The molecule has 0 radical (unpaired) electrons. The highest BCUT2D eigenvalue weighted by atomic mass is 16.5. The Morgan fingerprint density at radius 3 is 2.83 bits per heavy atom. The molecule has 0 saturated heterocycles. The van der Waals surface area contributed by atoms with Crippen LogP contribution in [0.25, 0.3) is 0 Å². The Labute approximate surface area is 73.9 Å². The summed E-state index contributed by atoms with van der Waals surface area (Å²) in [6.07, 6.45) is 8.74. The average molecular weight is 168 g/mol. The second-order valence-electron chi connectivity index (χ2n) is 2.47. The van der Waals surface area contributed by atoms with Gasteiger partial charge in [-0.3, -0.25) is 4.79 Å². The fraction of sp³-hybridized carbons (Fsp3) is 0.500. The molecule has 0 atom stereocenters. The minimum Gasteiger partial charge on any atom is -0.435 e. The molecule has 0 heterocycles. The van der Waals surface area contributed by atoms with Crippen molar-refractivity contribution >= 4 is 5.97 Å². The normalized spacial score (nSPS) is 10.1. The van der Waals surface area contributed by atoms with E-state index in [0.717, 1.165) is 12.7 Å². The molecule has 0 aliphatic carbocycles. The first-order valence-corrected chi connectivity index (χ1v) is 4.26. The zero-order chi connectivity index (χ0) is 9.23. The SMILES string of the molecule is C=COC(=O)C/C=C/CCCC. The third-order valence-corrected chi connectivity index (χ3v) is 1.39. The van der Waals surface area contributed by atoms with E-state index in [1.54, 1.807) is 0 Å². The molecule has 0 aromatic heterocycles. The van der Waals surface area contributed by atoms with Gasteiger partial charge in [0, 0.05) is 0 Å². The number of hydrogen-bond acceptors (Lipinski definition) is 2. The lowest BCUT2D eigenvalue weighted by molar-refractivity contribution is -0.136. The van der Waals surface area contributed by atoms with Crippen molar-refractivity contribution in [1.82, 2.24) is 0 Å². The number of allylic oxidation sites excluding steroid dienone is 1. The predicted octanol–water partition coefficient (Wildman–Crippen LogP) is 2.81. The van der Waals surface area contributed by atoms with Crippen LogP contribution in [0.2, 0.25) is 0 Å². The summed E-state index contributed by atoms with van der Waals surface area (Å²) in [6, 6.07) is 0. The Hall–Kier alpha value is -1.05. The van der Waals surface area contributed by atoms with Gasteiger partial charge in [-0.25, -0.2) is 0 Å². The molecule has 0 aliphatic heterocycles. The number of esters is 1. The number of ether oxygens (including phenoxy) is 1. The lowest BCUT2D eigenvalue weighted by Crippen LogP contribution is -1.95. The number of carbonyl (C=O) groups excluding carboxylic acids is 1. The highest BCUT2D eigenvalue weighted by molar-refractivity contribution is 5.71. The van der Waals surface area contributed by atoms with Gasteiger partial charge in [0.1, 0.15) is 0 Å². The molecule has 0 aliphatic rings. The Morgan fingerprint density at radius 1 is 1.50 bits per heavy atom. The third-order valence-electron chi connectivity index (χ3n) is 1.39. The molecule has 0 aromatic rings. The number of unbranched alkanes of at least 4 members (excludes halogenated alkanes) is 2. The second kappa shape index (κ2) is 8.05. The number of carbonyl (C=O) groups is 1. The van der Waals surface area contributed by atoms with Crippen LogP contribution >= 0.6 is 0 Å². The van der Waals surface area contributed by atoms with Crippen molar-refractivity contribution in [2.45, 2.75) is 32.6 Å². The Balaban J connectivity index is 3.33. The summed E-state index contributed by atoms with van der Waals surface area (Å²) in [5.74, 6) is -0.252. The zero-order valence-corrected chi connectivity index (χ0v) is 7.58. The van der Waals surface area contributed by atoms with Crippen molar-refractivity contribution < 1.29 is 9.53 Å². The fourth-order valence-corrected chi connectivity index (χ4v) is 0.760. The highest BCUT2D eigenvalue weighted by Gasteiger charge is 1.93. The van der Waals surface area contributed by atoms with Crippen LogP contribution in [-0.2, 0) is 9.53 Å². The van der Waals surface area contributed by atoms with Gasteiger partial charge in [0.25, 0.3) is 0 Å². The van der Waals surface area contributed by atoms with Crippen LogP contribution < -0.4 is 0 Å². The van der Waals surface area contributed by atoms with Crippen LogP contribution in [-0.4, -0.2) is 5.97 Å². The van der Waals surface area contributed by atoms with E-state index in [0.29, 0.717) is 6.42 Å². The maximum absolute atomic E-state index is 10.7. The summed E-state index contributed by atoms with van der Waals surface area (Å²) in [5.41, 5.74) is 0. The van der Waals surface area contributed by atoms with Crippen LogP contribution in [0.4, 0.5) is 0 Å². The monoisotopic (exact) mass is 168 g/mol. The summed E-state index contributed by atoms with van der Waals surface area (Å²) in [7, 11) is 0. The Morgan fingerprint density at radius 2 is 2.25 bits per heavy atom. The molecule has 0 amide bonds. The average Bonchev–Trinajstić information content (AvgIpc) is 2.05. The first-order chi connectivity index (χ1) is 5.81. The van der Waals surface area contributed by atoms with Crippen molar-refractivity contribution in [3.63, 3.8) is 0 Å². The maximum Gasteiger partial charge on any atom is 0.314 e. The first-order valence-electron chi connectivity index (χ1n) is 4.26. The molecule has 0 spiro atoms. The minimum atomic E-state index is -0.252. The van der Waals surface area contributed by atoms with Gasteiger partial charge in [-0.1, -0.05) is 38.5 Å². The Kier molecular flexibility index (Phi) is 7.35. The van der Waals surface area contributed by atoms with E-state index in [2.05, 4.69) is 18.2 Å². The van der Waals surface area contributed by atoms with Crippen LogP contribution in [0.1, 0.15) is 32.6 Å². The molecule has 0 fully saturated rings. The van der Waals surface area contributed by atoms with Crippen LogP contribution in [0.5, 0.6) is 0 Å². The van der Waals surface area contributed by atoms with Gasteiger partial charge in [0.2, 0.25) is 0 Å². The molecule has 0 saturated carbocycles. The van der Waals surface area contributed by atoms with Gasteiger partial charge in [0.05, 0.1) is 12.7 Å². The van der Waals surface area contributed by atoms with Crippen molar-refractivity contribution in [3.05, 3.63) is 25.0 Å². The van der Waals surface area contributed by atoms with Crippen LogP contribution in [0, 0.1) is 0 Å². The summed E-state index contributed by atoms with van der Waals surface area (Å²) in [6.45, 7) is 5.43. The first kappa shape index (κ1) is 11.0. The molecule has 2 heteroatoms. The van der Waals surface area contributed by atoms with E-state index < -0.39 is 0 Å². The zero-order valence-electron chi connectivity index (χ0n) is 7.58.